The van der Waals surface area contributed by atoms with Crippen molar-refractivity contribution in [2.24, 2.45) is 0 Å². The lowest BCUT2D eigenvalue weighted by atomic mass is 10.2. The number of rotatable bonds is 3. The highest BCUT2D eigenvalue weighted by Gasteiger charge is 2.23. The first kappa shape index (κ1) is 22.7. The van der Waals surface area contributed by atoms with E-state index in [1.165, 1.54) is 0 Å². The standard InChI is InChI=1S/C24H23Cl2N3O2/c1-18(7-8-20-9-11-21(25)22(26)17-20)27-24(31)29-15-13-28(14-16-29)23(30)12-10-19-5-3-2-4-6-19/h2-6,9-12,17-18H,13-16H2,1H3,(H,27,31)/b12-10+. The van der Waals surface area contributed by atoms with Crippen molar-refractivity contribution in [2.75, 3.05) is 26.2 Å². The average molecular weight is 456 g/mol. The minimum absolute atomic E-state index is 0.0511. The van der Waals surface area contributed by atoms with Gasteiger partial charge in [-0.05, 0) is 36.8 Å². The summed E-state index contributed by atoms with van der Waals surface area (Å²) in [6.07, 6.45) is 3.38. The van der Waals surface area contributed by atoms with Crippen molar-refractivity contribution >= 4 is 41.2 Å². The van der Waals surface area contributed by atoms with Crippen molar-refractivity contribution in [1.82, 2.24) is 15.1 Å². The van der Waals surface area contributed by atoms with Gasteiger partial charge in [-0.3, -0.25) is 4.79 Å². The SMILES string of the molecule is CC(C#Cc1ccc(Cl)c(Cl)c1)NC(=O)N1CCN(C(=O)/C=C/c2ccccc2)CC1. The van der Waals surface area contributed by atoms with Gasteiger partial charge >= 0.3 is 6.03 Å². The van der Waals surface area contributed by atoms with Crippen LogP contribution in [0.3, 0.4) is 0 Å². The third-order valence-electron chi connectivity index (χ3n) is 4.79. The Bertz CT molecular complexity index is 1020. The normalized spacial score (nSPS) is 14.7. The van der Waals surface area contributed by atoms with E-state index in [1.807, 2.05) is 37.3 Å². The van der Waals surface area contributed by atoms with Crippen LogP contribution >= 0.6 is 23.2 Å². The number of carbonyl (C=O) groups is 2. The summed E-state index contributed by atoms with van der Waals surface area (Å²) in [5.41, 5.74) is 1.70. The minimum Gasteiger partial charge on any atom is -0.336 e. The number of piperazine rings is 1. The monoisotopic (exact) mass is 455 g/mol. The van der Waals surface area contributed by atoms with Crippen LogP contribution in [-0.4, -0.2) is 54.0 Å². The second-order valence-corrected chi connectivity index (χ2v) is 7.94. The van der Waals surface area contributed by atoms with Crippen LogP contribution in [0.1, 0.15) is 18.1 Å². The van der Waals surface area contributed by atoms with E-state index in [9.17, 15) is 9.59 Å². The molecule has 160 valence electrons. The van der Waals surface area contributed by atoms with Crippen molar-refractivity contribution in [3.05, 3.63) is 75.8 Å². The van der Waals surface area contributed by atoms with Gasteiger partial charge in [-0.1, -0.05) is 65.4 Å². The molecule has 31 heavy (non-hydrogen) atoms. The van der Waals surface area contributed by atoms with Crippen LogP contribution in [0, 0.1) is 11.8 Å². The predicted octanol–water partition coefficient (Wildman–Crippen LogP) is 4.30. The summed E-state index contributed by atoms with van der Waals surface area (Å²) in [7, 11) is 0. The van der Waals surface area contributed by atoms with Crippen molar-refractivity contribution in [3.63, 3.8) is 0 Å². The van der Waals surface area contributed by atoms with Crippen LogP contribution in [0.15, 0.2) is 54.6 Å². The Morgan fingerprint density at radius 3 is 2.35 bits per heavy atom. The minimum atomic E-state index is -0.338. The highest BCUT2D eigenvalue weighted by Crippen LogP contribution is 2.22. The molecule has 0 radical (unpaired) electrons. The van der Waals surface area contributed by atoms with E-state index in [0.717, 1.165) is 11.1 Å². The maximum Gasteiger partial charge on any atom is 0.318 e. The first-order valence-electron chi connectivity index (χ1n) is 9.96. The van der Waals surface area contributed by atoms with Crippen molar-refractivity contribution in [3.8, 4) is 11.8 Å². The number of amides is 3. The molecule has 7 heteroatoms. The third kappa shape index (κ3) is 6.78. The summed E-state index contributed by atoms with van der Waals surface area (Å²) in [6, 6.07) is 14.3. The molecule has 1 saturated heterocycles. The predicted molar refractivity (Wildman–Crippen MR) is 125 cm³/mol. The lowest BCUT2D eigenvalue weighted by Crippen LogP contribution is -2.54. The molecule has 0 aliphatic carbocycles. The number of halogens is 2. The number of carbonyl (C=O) groups excluding carboxylic acids is 2. The summed E-state index contributed by atoms with van der Waals surface area (Å²) < 4.78 is 0. The number of nitrogens with zero attached hydrogens (tertiary/aromatic N) is 2. The topological polar surface area (TPSA) is 52.7 Å². The van der Waals surface area contributed by atoms with Crippen molar-refractivity contribution < 1.29 is 9.59 Å². The number of hydrogen-bond acceptors (Lipinski definition) is 2. The average Bonchev–Trinajstić information content (AvgIpc) is 2.79. The molecule has 3 amide bonds. The molecule has 0 spiro atoms. The van der Waals surface area contributed by atoms with E-state index >= 15 is 0 Å². The van der Waals surface area contributed by atoms with Gasteiger partial charge < -0.3 is 15.1 Å². The van der Waals surface area contributed by atoms with Crippen LogP contribution in [0.5, 0.6) is 0 Å². The maximum absolute atomic E-state index is 12.5. The highest BCUT2D eigenvalue weighted by atomic mass is 35.5. The summed E-state index contributed by atoms with van der Waals surface area (Å²) >= 11 is 11.9. The highest BCUT2D eigenvalue weighted by molar-refractivity contribution is 6.42. The Morgan fingerprint density at radius 1 is 1.00 bits per heavy atom. The number of benzene rings is 2. The van der Waals surface area contributed by atoms with E-state index in [0.29, 0.717) is 36.2 Å². The zero-order valence-electron chi connectivity index (χ0n) is 17.1. The van der Waals surface area contributed by atoms with E-state index in [2.05, 4.69) is 17.2 Å². The van der Waals surface area contributed by atoms with Gasteiger partial charge in [-0.15, -0.1) is 0 Å². The molecule has 5 nitrogen and oxygen atoms in total. The largest absolute Gasteiger partial charge is 0.336 e. The fourth-order valence-electron chi connectivity index (χ4n) is 3.05. The first-order valence-corrected chi connectivity index (χ1v) is 10.7. The molecule has 1 N–H and O–H groups in total. The van der Waals surface area contributed by atoms with Gasteiger partial charge in [0.15, 0.2) is 0 Å². The lowest BCUT2D eigenvalue weighted by Gasteiger charge is -2.34. The molecule has 1 aliphatic heterocycles. The van der Waals surface area contributed by atoms with Gasteiger partial charge in [0.05, 0.1) is 16.1 Å². The molecule has 0 saturated carbocycles. The van der Waals surface area contributed by atoms with Gasteiger partial charge in [0.25, 0.3) is 0 Å². The van der Waals surface area contributed by atoms with E-state index < -0.39 is 0 Å². The molecule has 1 fully saturated rings. The summed E-state index contributed by atoms with van der Waals surface area (Å²) in [4.78, 5) is 28.3. The second kappa shape index (κ2) is 10.9. The van der Waals surface area contributed by atoms with Crippen LogP contribution in [0.25, 0.3) is 6.08 Å². The molecule has 1 atom stereocenters. The molecule has 2 aromatic rings. The Balaban J connectivity index is 1.46. The van der Waals surface area contributed by atoms with Crippen LogP contribution < -0.4 is 5.32 Å². The third-order valence-corrected chi connectivity index (χ3v) is 5.53. The molecule has 2 aromatic carbocycles. The summed E-state index contributed by atoms with van der Waals surface area (Å²) in [6.45, 7) is 3.76. The van der Waals surface area contributed by atoms with Crippen molar-refractivity contribution in [1.29, 1.82) is 0 Å². The molecule has 1 aliphatic rings. The van der Waals surface area contributed by atoms with Crippen molar-refractivity contribution in [2.45, 2.75) is 13.0 Å². The number of nitrogens with one attached hydrogen (secondary N) is 1. The second-order valence-electron chi connectivity index (χ2n) is 7.13. The van der Waals surface area contributed by atoms with Gasteiger partial charge in [0.1, 0.15) is 0 Å². The zero-order chi connectivity index (χ0) is 22.2. The Kier molecular flexibility index (Phi) is 8.00. The molecule has 0 aromatic heterocycles. The molecule has 3 rings (SSSR count). The lowest BCUT2D eigenvalue weighted by molar-refractivity contribution is -0.127. The van der Waals surface area contributed by atoms with E-state index in [4.69, 9.17) is 23.2 Å². The van der Waals surface area contributed by atoms with Crippen LogP contribution in [0.2, 0.25) is 10.0 Å². The smallest absolute Gasteiger partial charge is 0.318 e. The maximum atomic E-state index is 12.5. The quantitative estimate of drug-likeness (QED) is 0.553. The summed E-state index contributed by atoms with van der Waals surface area (Å²) in [5, 5.41) is 3.79. The van der Waals surface area contributed by atoms with Gasteiger partial charge in [0, 0.05) is 37.8 Å². The summed E-state index contributed by atoms with van der Waals surface area (Å²) in [5.74, 6) is 5.92. The van der Waals surface area contributed by atoms with Gasteiger partial charge in [0.2, 0.25) is 5.91 Å². The molecule has 0 bridgehead atoms. The molecule has 1 unspecified atom stereocenters. The molecular weight excluding hydrogens is 433 g/mol. The van der Waals surface area contributed by atoms with Crippen LogP contribution in [-0.2, 0) is 4.79 Å². The van der Waals surface area contributed by atoms with Crippen LogP contribution in [0.4, 0.5) is 4.79 Å². The fraction of sp³-hybridized carbons (Fsp3) is 0.250. The Hall–Kier alpha value is -2.94. The van der Waals surface area contributed by atoms with E-state index in [-0.39, 0.29) is 18.0 Å². The zero-order valence-corrected chi connectivity index (χ0v) is 18.7. The Morgan fingerprint density at radius 2 is 1.68 bits per heavy atom. The van der Waals surface area contributed by atoms with Gasteiger partial charge in [-0.2, -0.15) is 0 Å². The number of hydrogen-bond donors (Lipinski definition) is 1. The molecule has 1 heterocycles. The molecular formula is C24H23Cl2N3O2. The fourth-order valence-corrected chi connectivity index (χ4v) is 3.34. The number of urea groups is 1. The van der Waals surface area contributed by atoms with Gasteiger partial charge in [-0.25, -0.2) is 4.79 Å². The Labute approximate surface area is 192 Å². The first-order chi connectivity index (χ1) is 14.9. The van der Waals surface area contributed by atoms with E-state index in [1.54, 1.807) is 40.2 Å².